The van der Waals surface area contributed by atoms with Crippen molar-refractivity contribution in [2.75, 3.05) is 30.7 Å². The summed E-state index contributed by atoms with van der Waals surface area (Å²) in [6.07, 6.45) is 2.53. The second-order valence-electron chi connectivity index (χ2n) is 4.83. The zero-order chi connectivity index (χ0) is 13.1. The van der Waals surface area contributed by atoms with Gasteiger partial charge in [0, 0.05) is 18.7 Å². The van der Waals surface area contributed by atoms with Crippen molar-refractivity contribution >= 4 is 23.0 Å². The van der Waals surface area contributed by atoms with E-state index >= 15 is 0 Å². The Morgan fingerprint density at radius 1 is 1.44 bits per heavy atom. The van der Waals surface area contributed by atoms with Gasteiger partial charge in [0.05, 0.1) is 16.4 Å². The second-order valence-corrected chi connectivity index (χ2v) is 5.23. The molecule has 0 spiro atoms. The molecule has 0 amide bonds. The number of nitrogen functional groups attached to an aromatic ring is 1. The third-order valence-electron chi connectivity index (χ3n) is 3.44. The molecular formula is C13H19ClFN3. The minimum atomic E-state index is -0.442. The van der Waals surface area contributed by atoms with E-state index in [1.54, 1.807) is 0 Å². The Hall–Kier alpha value is -1.00. The normalized spacial score (nSPS) is 17.9. The van der Waals surface area contributed by atoms with E-state index in [0.29, 0.717) is 17.4 Å². The topological polar surface area (TPSA) is 41.3 Å². The molecule has 1 heterocycles. The van der Waals surface area contributed by atoms with E-state index in [-0.39, 0.29) is 5.02 Å². The van der Waals surface area contributed by atoms with Gasteiger partial charge in [-0.1, -0.05) is 11.6 Å². The van der Waals surface area contributed by atoms with Crippen LogP contribution in [0.25, 0.3) is 0 Å². The highest BCUT2D eigenvalue weighted by atomic mass is 35.5. The van der Waals surface area contributed by atoms with Gasteiger partial charge < -0.3 is 11.1 Å². The van der Waals surface area contributed by atoms with E-state index in [4.69, 9.17) is 17.3 Å². The van der Waals surface area contributed by atoms with Crippen molar-refractivity contribution in [3.05, 3.63) is 23.0 Å². The van der Waals surface area contributed by atoms with E-state index in [2.05, 4.69) is 17.1 Å². The first-order valence-corrected chi connectivity index (χ1v) is 6.68. The summed E-state index contributed by atoms with van der Waals surface area (Å²) in [5.41, 5.74) is 6.90. The van der Waals surface area contributed by atoms with E-state index in [1.807, 2.05) is 0 Å². The Morgan fingerprint density at radius 2 is 2.11 bits per heavy atom. The first-order valence-electron chi connectivity index (χ1n) is 6.30. The Morgan fingerprint density at radius 3 is 2.78 bits per heavy atom. The molecule has 1 aliphatic rings. The molecule has 0 aromatic heterocycles. The molecule has 1 atom stereocenters. The lowest BCUT2D eigenvalue weighted by atomic mass is 10.2. The molecule has 1 aromatic carbocycles. The van der Waals surface area contributed by atoms with Crippen LogP contribution >= 0.6 is 11.6 Å². The molecule has 0 aliphatic carbocycles. The third kappa shape index (κ3) is 3.06. The van der Waals surface area contributed by atoms with Crippen molar-refractivity contribution in [1.82, 2.24) is 4.90 Å². The molecular weight excluding hydrogens is 253 g/mol. The Balaban J connectivity index is 1.95. The predicted molar refractivity (Wildman–Crippen MR) is 74.6 cm³/mol. The van der Waals surface area contributed by atoms with Crippen LogP contribution in [0.2, 0.25) is 5.02 Å². The quantitative estimate of drug-likeness (QED) is 0.828. The number of benzene rings is 1. The average molecular weight is 272 g/mol. The summed E-state index contributed by atoms with van der Waals surface area (Å²) in [4.78, 5) is 2.43. The summed E-state index contributed by atoms with van der Waals surface area (Å²) in [5, 5.41) is 3.25. The highest BCUT2D eigenvalue weighted by molar-refractivity contribution is 6.31. The fourth-order valence-corrected chi connectivity index (χ4v) is 2.46. The van der Waals surface area contributed by atoms with Gasteiger partial charge in [0.1, 0.15) is 5.82 Å². The molecule has 1 unspecified atom stereocenters. The molecule has 5 heteroatoms. The average Bonchev–Trinajstić information content (AvgIpc) is 2.85. The number of rotatable bonds is 4. The molecule has 1 aromatic rings. The van der Waals surface area contributed by atoms with Crippen molar-refractivity contribution in [3.8, 4) is 0 Å². The molecule has 3 N–H and O–H groups in total. The van der Waals surface area contributed by atoms with E-state index < -0.39 is 5.82 Å². The van der Waals surface area contributed by atoms with Crippen LogP contribution in [-0.4, -0.2) is 30.6 Å². The third-order valence-corrected chi connectivity index (χ3v) is 3.73. The van der Waals surface area contributed by atoms with Crippen molar-refractivity contribution in [2.45, 2.75) is 25.8 Å². The molecule has 0 radical (unpaired) electrons. The van der Waals surface area contributed by atoms with Crippen LogP contribution < -0.4 is 11.1 Å². The highest BCUT2D eigenvalue weighted by Gasteiger charge is 2.18. The molecule has 1 aliphatic heterocycles. The van der Waals surface area contributed by atoms with E-state index in [0.717, 1.165) is 19.6 Å². The lowest BCUT2D eigenvalue weighted by molar-refractivity contribution is 0.269. The molecule has 3 nitrogen and oxygen atoms in total. The number of nitrogens with zero attached hydrogens (tertiary/aromatic N) is 1. The van der Waals surface area contributed by atoms with Crippen LogP contribution in [0.5, 0.6) is 0 Å². The van der Waals surface area contributed by atoms with Crippen molar-refractivity contribution in [3.63, 3.8) is 0 Å². The Bertz CT molecular complexity index is 419. The van der Waals surface area contributed by atoms with Crippen LogP contribution in [0.4, 0.5) is 15.8 Å². The Labute approximate surface area is 112 Å². The predicted octanol–water partition coefficient (Wildman–Crippen LogP) is 2.96. The lowest BCUT2D eigenvalue weighted by Crippen LogP contribution is -2.35. The van der Waals surface area contributed by atoms with Gasteiger partial charge in [-0.2, -0.15) is 0 Å². The molecule has 2 rings (SSSR count). The van der Waals surface area contributed by atoms with Gasteiger partial charge in [0.15, 0.2) is 0 Å². The smallest absolute Gasteiger partial charge is 0.143 e. The minimum absolute atomic E-state index is 0.0608. The highest BCUT2D eigenvalue weighted by Crippen LogP contribution is 2.26. The molecule has 1 saturated heterocycles. The summed E-state index contributed by atoms with van der Waals surface area (Å²) >= 11 is 5.66. The fraction of sp³-hybridized carbons (Fsp3) is 0.538. The van der Waals surface area contributed by atoms with Gasteiger partial charge >= 0.3 is 0 Å². The monoisotopic (exact) mass is 271 g/mol. The van der Waals surface area contributed by atoms with Gasteiger partial charge in [0.25, 0.3) is 0 Å². The van der Waals surface area contributed by atoms with Crippen LogP contribution in [0.3, 0.4) is 0 Å². The molecule has 0 bridgehead atoms. The summed E-state index contributed by atoms with van der Waals surface area (Å²) in [7, 11) is 0. The van der Waals surface area contributed by atoms with Gasteiger partial charge in [-0.25, -0.2) is 4.39 Å². The number of anilines is 2. The van der Waals surface area contributed by atoms with Crippen LogP contribution in [0.15, 0.2) is 12.1 Å². The van der Waals surface area contributed by atoms with E-state index in [9.17, 15) is 4.39 Å². The standard InChI is InChI=1S/C13H19ClFN3/c1-9(18-4-2-3-5-18)8-17-13-7-11(15)10(14)6-12(13)16/h6-7,9,17H,2-5,8,16H2,1H3. The van der Waals surface area contributed by atoms with Crippen molar-refractivity contribution in [1.29, 1.82) is 0 Å². The number of nitrogens with one attached hydrogen (secondary N) is 1. The number of hydrogen-bond acceptors (Lipinski definition) is 3. The van der Waals surface area contributed by atoms with Crippen molar-refractivity contribution < 1.29 is 4.39 Å². The van der Waals surface area contributed by atoms with Gasteiger partial charge in [0.2, 0.25) is 0 Å². The first-order chi connectivity index (χ1) is 8.58. The zero-order valence-corrected chi connectivity index (χ0v) is 11.3. The maximum atomic E-state index is 13.3. The molecule has 0 saturated carbocycles. The van der Waals surface area contributed by atoms with Gasteiger partial charge in [-0.3, -0.25) is 4.90 Å². The number of halogens is 2. The SMILES string of the molecule is CC(CNc1cc(F)c(Cl)cc1N)N1CCCC1. The summed E-state index contributed by atoms with van der Waals surface area (Å²) in [6, 6.07) is 3.22. The van der Waals surface area contributed by atoms with Crippen LogP contribution in [0.1, 0.15) is 19.8 Å². The van der Waals surface area contributed by atoms with Gasteiger partial charge in [-0.15, -0.1) is 0 Å². The Kier molecular flexibility index (Phi) is 4.30. The van der Waals surface area contributed by atoms with Crippen LogP contribution in [0, 0.1) is 5.82 Å². The number of nitrogens with two attached hydrogens (primary N) is 1. The molecule has 18 heavy (non-hydrogen) atoms. The maximum absolute atomic E-state index is 13.3. The number of likely N-dealkylation sites (tertiary alicyclic amines) is 1. The number of hydrogen-bond donors (Lipinski definition) is 2. The fourth-order valence-electron chi connectivity index (χ4n) is 2.28. The zero-order valence-electron chi connectivity index (χ0n) is 10.5. The molecule has 100 valence electrons. The summed E-state index contributed by atoms with van der Waals surface area (Å²) < 4.78 is 13.3. The summed E-state index contributed by atoms with van der Waals surface area (Å²) in [6.45, 7) is 5.21. The van der Waals surface area contributed by atoms with Gasteiger partial charge in [-0.05, 0) is 38.9 Å². The first kappa shape index (κ1) is 13.4. The lowest BCUT2D eigenvalue weighted by Gasteiger charge is -2.24. The van der Waals surface area contributed by atoms with E-state index in [1.165, 1.54) is 25.0 Å². The summed E-state index contributed by atoms with van der Waals surface area (Å²) in [5.74, 6) is -0.442. The molecule has 1 fully saturated rings. The second kappa shape index (κ2) is 5.76. The van der Waals surface area contributed by atoms with Crippen LogP contribution in [-0.2, 0) is 0 Å². The maximum Gasteiger partial charge on any atom is 0.143 e. The largest absolute Gasteiger partial charge is 0.397 e. The minimum Gasteiger partial charge on any atom is -0.397 e. The van der Waals surface area contributed by atoms with Crippen molar-refractivity contribution in [2.24, 2.45) is 0 Å².